The van der Waals surface area contributed by atoms with Crippen molar-refractivity contribution in [3.8, 4) is 0 Å². The number of nitrogens with one attached hydrogen (secondary N) is 1. The Hall–Kier alpha value is 0.310. The molecule has 0 bridgehead atoms. The van der Waals surface area contributed by atoms with Crippen LogP contribution in [0.25, 0.3) is 0 Å². The summed E-state index contributed by atoms with van der Waals surface area (Å²) in [4.78, 5) is 0. The molecule has 1 N–H and O–H groups in total. The van der Waals surface area contributed by atoms with Crippen LogP contribution in [0.2, 0.25) is 0 Å². The van der Waals surface area contributed by atoms with Crippen LogP contribution in [0.15, 0.2) is 0 Å². The van der Waals surface area contributed by atoms with Gasteiger partial charge >= 0.3 is 0 Å². The molecule has 0 amide bonds. The minimum absolute atomic E-state index is 0.0845. The third kappa shape index (κ3) is 2.95. The van der Waals surface area contributed by atoms with Crippen LogP contribution in [0.4, 0.5) is 0 Å². The van der Waals surface area contributed by atoms with Gasteiger partial charge in [0.15, 0.2) is 0 Å². The highest BCUT2D eigenvalue weighted by atomic mass is 32.3. The maximum absolute atomic E-state index is 3.87. The van der Waals surface area contributed by atoms with Gasteiger partial charge in [-0.1, -0.05) is 13.8 Å². The quantitative estimate of drug-likeness (QED) is 0.796. The summed E-state index contributed by atoms with van der Waals surface area (Å²) in [6.07, 6.45) is 8.63. The van der Waals surface area contributed by atoms with Crippen molar-refractivity contribution in [2.24, 2.45) is 0 Å². The first-order chi connectivity index (χ1) is 7.78. The second kappa shape index (κ2) is 5.77. The van der Waals surface area contributed by atoms with Crippen LogP contribution in [-0.2, 0) is 0 Å². The molecule has 0 atom stereocenters. The van der Waals surface area contributed by atoms with E-state index in [0.29, 0.717) is 0 Å². The highest BCUT2D eigenvalue weighted by molar-refractivity contribution is 8.33. The summed E-state index contributed by atoms with van der Waals surface area (Å²) >= 11 is 0. The summed E-state index contributed by atoms with van der Waals surface area (Å²) in [5.74, 6) is 6.41. The summed E-state index contributed by atoms with van der Waals surface area (Å²) in [7, 11) is -0.0845. The van der Waals surface area contributed by atoms with Gasteiger partial charge in [0.2, 0.25) is 0 Å². The molecule has 2 fully saturated rings. The van der Waals surface area contributed by atoms with E-state index in [1.807, 2.05) is 0 Å². The molecule has 16 heavy (non-hydrogen) atoms. The molecule has 2 heterocycles. The highest BCUT2D eigenvalue weighted by Gasteiger charge is 2.33. The molecular formula is C14H29NS. The van der Waals surface area contributed by atoms with Crippen molar-refractivity contribution in [1.82, 2.24) is 5.32 Å². The molecular weight excluding hydrogens is 214 g/mol. The molecule has 96 valence electrons. The SMILES string of the molecule is CCC(CC)NC1CCS2(CCCC2)CC1. The maximum atomic E-state index is 3.87. The summed E-state index contributed by atoms with van der Waals surface area (Å²) in [5, 5.41) is 3.87. The van der Waals surface area contributed by atoms with E-state index in [-0.39, 0.29) is 10.0 Å². The van der Waals surface area contributed by atoms with Gasteiger partial charge in [-0.15, -0.1) is 0 Å². The van der Waals surface area contributed by atoms with Crippen molar-refractivity contribution < 1.29 is 0 Å². The molecule has 1 nitrogen and oxygen atoms in total. The van der Waals surface area contributed by atoms with E-state index < -0.39 is 0 Å². The second-order valence-corrected chi connectivity index (χ2v) is 9.79. The lowest BCUT2D eigenvalue weighted by molar-refractivity contribution is 0.389. The van der Waals surface area contributed by atoms with Gasteiger partial charge in [0.05, 0.1) is 0 Å². The smallest absolute Gasteiger partial charge is 0.00842 e. The number of hydrogen-bond acceptors (Lipinski definition) is 1. The van der Waals surface area contributed by atoms with Gasteiger partial charge in [-0.3, -0.25) is 0 Å². The Morgan fingerprint density at radius 3 is 2.06 bits per heavy atom. The van der Waals surface area contributed by atoms with E-state index in [1.165, 1.54) is 25.7 Å². The topological polar surface area (TPSA) is 12.0 Å². The molecule has 0 aromatic heterocycles. The summed E-state index contributed by atoms with van der Waals surface area (Å²) in [6.45, 7) is 4.63. The Kier molecular flexibility index (Phi) is 4.60. The molecule has 2 heteroatoms. The van der Waals surface area contributed by atoms with Gasteiger partial charge in [0.25, 0.3) is 0 Å². The van der Waals surface area contributed by atoms with Crippen molar-refractivity contribution in [2.75, 3.05) is 23.0 Å². The molecule has 0 aromatic rings. The van der Waals surface area contributed by atoms with Crippen LogP contribution in [0.5, 0.6) is 0 Å². The van der Waals surface area contributed by atoms with Gasteiger partial charge < -0.3 is 5.32 Å². The van der Waals surface area contributed by atoms with Crippen LogP contribution in [0, 0.1) is 0 Å². The average molecular weight is 243 g/mol. The maximum Gasteiger partial charge on any atom is 0.00842 e. The zero-order valence-electron chi connectivity index (χ0n) is 11.1. The van der Waals surface area contributed by atoms with Crippen molar-refractivity contribution in [2.45, 2.75) is 64.5 Å². The minimum atomic E-state index is -0.0845. The Morgan fingerprint density at radius 1 is 1.00 bits per heavy atom. The molecule has 2 aliphatic heterocycles. The van der Waals surface area contributed by atoms with Crippen LogP contribution >= 0.6 is 10.0 Å². The van der Waals surface area contributed by atoms with E-state index in [1.54, 1.807) is 35.9 Å². The highest BCUT2D eigenvalue weighted by Crippen LogP contribution is 2.57. The third-order valence-electron chi connectivity index (χ3n) is 4.66. The van der Waals surface area contributed by atoms with Gasteiger partial charge in [-0.05, 0) is 61.5 Å². The molecule has 1 spiro atoms. The largest absolute Gasteiger partial charge is 0.311 e. The lowest BCUT2D eigenvalue weighted by Gasteiger charge is -2.43. The predicted octanol–water partition coefficient (Wildman–Crippen LogP) is 3.53. The van der Waals surface area contributed by atoms with E-state index >= 15 is 0 Å². The molecule has 0 unspecified atom stereocenters. The number of hydrogen-bond donors (Lipinski definition) is 1. The first-order valence-corrected chi connectivity index (χ1v) is 9.59. The first-order valence-electron chi connectivity index (χ1n) is 7.28. The third-order valence-corrected chi connectivity index (χ3v) is 9.17. The van der Waals surface area contributed by atoms with Crippen molar-refractivity contribution in [3.63, 3.8) is 0 Å². The Bertz CT molecular complexity index is 197. The molecule has 0 saturated carbocycles. The summed E-state index contributed by atoms with van der Waals surface area (Å²) < 4.78 is 0. The van der Waals surface area contributed by atoms with Crippen LogP contribution in [-0.4, -0.2) is 35.1 Å². The Labute approximate surface area is 103 Å². The molecule has 0 aromatic carbocycles. The van der Waals surface area contributed by atoms with E-state index in [9.17, 15) is 0 Å². The van der Waals surface area contributed by atoms with Crippen LogP contribution in [0.1, 0.15) is 52.4 Å². The summed E-state index contributed by atoms with van der Waals surface area (Å²) in [5.41, 5.74) is 0. The zero-order valence-corrected chi connectivity index (χ0v) is 12.0. The fourth-order valence-electron chi connectivity index (χ4n) is 3.38. The number of rotatable bonds is 4. The van der Waals surface area contributed by atoms with Crippen LogP contribution < -0.4 is 5.32 Å². The average Bonchev–Trinajstić information content (AvgIpc) is 2.77. The zero-order chi connectivity index (χ0) is 11.4. The minimum Gasteiger partial charge on any atom is -0.311 e. The van der Waals surface area contributed by atoms with Crippen molar-refractivity contribution in [1.29, 1.82) is 0 Å². The van der Waals surface area contributed by atoms with E-state index in [0.717, 1.165) is 12.1 Å². The molecule has 0 radical (unpaired) electrons. The molecule has 2 rings (SSSR count). The van der Waals surface area contributed by atoms with E-state index in [4.69, 9.17) is 0 Å². The monoisotopic (exact) mass is 243 g/mol. The van der Waals surface area contributed by atoms with Crippen molar-refractivity contribution >= 4 is 10.0 Å². The Morgan fingerprint density at radius 2 is 1.56 bits per heavy atom. The van der Waals surface area contributed by atoms with Crippen molar-refractivity contribution in [3.05, 3.63) is 0 Å². The fourth-order valence-corrected chi connectivity index (χ4v) is 7.81. The Balaban J connectivity index is 1.76. The first kappa shape index (κ1) is 12.8. The normalized spacial score (nSPS) is 27.7. The lowest BCUT2D eigenvalue weighted by Crippen LogP contribution is -2.42. The lowest BCUT2D eigenvalue weighted by atomic mass is 10.1. The molecule has 2 aliphatic rings. The van der Waals surface area contributed by atoms with Gasteiger partial charge in [0, 0.05) is 12.1 Å². The molecule has 0 aliphatic carbocycles. The molecule has 2 saturated heterocycles. The standard InChI is InChI=1S/C14H29NS/c1-3-13(4-2)15-14-7-11-16(12-8-14)9-5-6-10-16/h13-15H,3-12H2,1-2H3. The van der Waals surface area contributed by atoms with Gasteiger partial charge in [-0.25, -0.2) is 10.0 Å². The van der Waals surface area contributed by atoms with Gasteiger partial charge in [0.1, 0.15) is 0 Å². The van der Waals surface area contributed by atoms with E-state index in [2.05, 4.69) is 19.2 Å². The predicted molar refractivity (Wildman–Crippen MR) is 76.8 cm³/mol. The second-order valence-electron chi connectivity index (χ2n) is 5.70. The summed E-state index contributed by atoms with van der Waals surface area (Å²) in [6, 6.07) is 1.63. The van der Waals surface area contributed by atoms with Crippen LogP contribution in [0.3, 0.4) is 0 Å². The fraction of sp³-hybridized carbons (Fsp3) is 1.00. The van der Waals surface area contributed by atoms with Gasteiger partial charge in [-0.2, -0.15) is 0 Å².